The largest absolute Gasteiger partial charge is 0.494 e. The predicted octanol–water partition coefficient (Wildman–Crippen LogP) is 5.12. The summed E-state index contributed by atoms with van der Waals surface area (Å²) in [6, 6.07) is 18.3. The Bertz CT molecular complexity index is 1150. The van der Waals surface area contributed by atoms with E-state index < -0.39 is 5.97 Å². The summed E-state index contributed by atoms with van der Waals surface area (Å²) in [5.74, 6) is 0.311. The van der Waals surface area contributed by atoms with Crippen LogP contribution in [0.2, 0.25) is 5.02 Å². The lowest BCUT2D eigenvalue weighted by molar-refractivity contribution is 0.0729. The zero-order valence-electron chi connectivity index (χ0n) is 18.2. The third-order valence-corrected chi connectivity index (χ3v) is 4.78. The molecular formula is C25H23ClN2O5. The molecule has 0 aromatic heterocycles. The molecule has 0 heterocycles. The average molecular weight is 467 g/mol. The van der Waals surface area contributed by atoms with Crippen molar-refractivity contribution in [2.24, 2.45) is 5.10 Å². The molecule has 3 aromatic carbocycles. The number of nitrogens with one attached hydrogen (secondary N) is 1. The van der Waals surface area contributed by atoms with Gasteiger partial charge in [0.05, 0.1) is 30.5 Å². The molecule has 0 aliphatic carbocycles. The van der Waals surface area contributed by atoms with Crippen molar-refractivity contribution in [3.05, 3.63) is 88.4 Å². The third-order valence-electron chi connectivity index (χ3n) is 4.45. The maximum Gasteiger partial charge on any atom is 0.345 e. The van der Waals surface area contributed by atoms with Gasteiger partial charge in [0.1, 0.15) is 5.75 Å². The normalized spacial score (nSPS) is 10.6. The van der Waals surface area contributed by atoms with Gasteiger partial charge >= 0.3 is 5.97 Å². The van der Waals surface area contributed by atoms with E-state index in [9.17, 15) is 9.59 Å². The number of amides is 1. The molecule has 3 aromatic rings. The van der Waals surface area contributed by atoms with Crippen molar-refractivity contribution >= 4 is 29.7 Å². The Labute approximate surface area is 196 Å². The van der Waals surface area contributed by atoms with Crippen molar-refractivity contribution in [2.45, 2.75) is 13.3 Å². The van der Waals surface area contributed by atoms with Crippen LogP contribution in [-0.2, 0) is 0 Å². The molecule has 3 rings (SSSR count). The Morgan fingerprint density at radius 2 is 1.79 bits per heavy atom. The molecule has 8 heteroatoms. The number of esters is 1. The summed E-state index contributed by atoms with van der Waals surface area (Å²) >= 11 is 6.05. The van der Waals surface area contributed by atoms with Crippen LogP contribution in [0.15, 0.2) is 71.8 Å². The van der Waals surface area contributed by atoms with Crippen molar-refractivity contribution in [3.63, 3.8) is 0 Å². The quantitative estimate of drug-likeness (QED) is 0.205. The molecule has 170 valence electrons. The van der Waals surface area contributed by atoms with Crippen LogP contribution >= 0.6 is 11.6 Å². The van der Waals surface area contributed by atoms with Crippen LogP contribution in [0.3, 0.4) is 0 Å². The number of benzene rings is 3. The van der Waals surface area contributed by atoms with E-state index in [4.69, 9.17) is 25.8 Å². The summed E-state index contributed by atoms with van der Waals surface area (Å²) in [4.78, 5) is 24.7. The monoisotopic (exact) mass is 466 g/mol. The fraction of sp³-hybridized carbons (Fsp3) is 0.160. The minimum Gasteiger partial charge on any atom is -0.494 e. The summed E-state index contributed by atoms with van der Waals surface area (Å²) in [7, 11) is 1.46. The zero-order valence-corrected chi connectivity index (χ0v) is 19.0. The van der Waals surface area contributed by atoms with Gasteiger partial charge in [0, 0.05) is 5.56 Å². The second-order valence-electron chi connectivity index (χ2n) is 6.85. The van der Waals surface area contributed by atoms with Crippen LogP contribution in [0, 0.1) is 0 Å². The Balaban J connectivity index is 1.62. The molecule has 33 heavy (non-hydrogen) atoms. The first-order valence-corrected chi connectivity index (χ1v) is 10.6. The average Bonchev–Trinajstić information content (AvgIpc) is 2.84. The molecule has 7 nitrogen and oxygen atoms in total. The second-order valence-corrected chi connectivity index (χ2v) is 7.26. The van der Waals surface area contributed by atoms with Crippen molar-refractivity contribution in [2.75, 3.05) is 13.7 Å². The summed E-state index contributed by atoms with van der Waals surface area (Å²) in [6.07, 6.45) is 2.37. The topological polar surface area (TPSA) is 86.2 Å². The predicted molar refractivity (Wildman–Crippen MR) is 127 cm³/mol. The number of nitrogens with zero attached hydrogens (tertiary/aromatic N) is 1. The van der Waals surface area contributed by atoms with E-state index in [0.29, 0.717) is 34.3 Å². The number of ether oxygens (including phenoxy) is 3. The number of carbonyl (C=O) groups excluding carboxylic acids is 2. The lowest BCUT2D eigenvalue weighted by Crippen LogP contribution is -2.17. The number of hydrazone groups is 1. The van der Waals surface area contributed by atoms with Gasteiger partial charge in [-0.2, -0.15) is 5.10 Å². The van der Waals surface area contributed by atoms with E-state index in [-0.39, 0.29) is 17.2 Å². The van der Waals surface area contributed by atoms with Crippen molar-refractivity contribution in [3.8, 4) is 17.2 Å². The van der Waals surface area contributed by atoms with E-state index in [2.05, 4.69) is 10.5 Å². The summed E-state index contributed by atoms with van der Waals surface area (Å²) in [5.41, 5.74) is 3.81. The molecular weight excluding hydrogens is 444 g/mol. The number of hydrogen-bond donors (Lipinski definition) is 1. The van der Waals surface area contributed by atoms with Gasteiger partial charge in [0.15, 0.2) is 11.5 Å². The second kappa shape index (κ2) is 11.7. The highest BCUT2D eigenvalue weighted by molar-refractivity contribution is 6.33. The van der Waals surface area contributed by atoms with E-state index in [1.165, 1.54) is 13.3 Å². The van der Waals surface area contributed by atoms with E-state index in [0.717, 1.165) is 6.42 Å². The first-order chi connectivity index (χ1) is 16.0. The van der Waals surface area contributed by atoms with Crippen molar-refractivity contribution in [1.82, 2.24) is 5.43 Å². The molecule has 0 saturated heterocycles. The Morgan fingerprint density at radius 3 is 2.48 bits per heavy atom. The molecule has 0 unspecified atom stereocenters. The minimum absolute atomic E-state index is 0.231. The van der Waals surface area contributed by atoms with Gasteiger partial charge in [-0.1, -0.05) is 30.7 Å². The molecule has 0 saturated carbocycles. The lowest BCUT2D eigenvalue weighted by atomic mass is 10.2. The first-order valence-electron chi connectivity index (χ1n) is 10.2. The molecule has 0 aliphatic rings. The summed E-state index contributed by atoms with van der Waals surface area (Å²) in [6.45, 7) is 2.65. The molecule has 0 atom stereocenters. The molecule has 0 spiro atoms. The standard InChI is InChI=1S/C25H23ClN2O5/c1-3-14-32-19-11-9-18(10-12-19)24(29)28-27-16-17-8-13-22(23(15-17)31-2)33-25(30)20-6-4-5-7-21(20)26/h4-13,15-16H,3,14H2,1-2H3,(H,28,29)/b27-16+. The Kier molecular flexibility index (Phi) is 8.43. The number of halogens is 1. The van der Waals surface area contributed by atoms with Crippen molar-refractivity contribution in [1.29, 1.82) is 0 Å². The lowest BCUT2D eigenvalue weighted by Gasteiger charge is -2.10. The Morgan fingerprint density at radius 1 is 1.03 bits per heavy atom. The number of rotatable bonds is 9. The molecule has 1 amide bonds. The smallest absolute Gasteiger partial charge is 0.345 e. The fourth-order valence-corrected chi connectivity index (χ4v) is 3.00. The summed E-state index contributed by atoms with van der Waals surface area (Å²) in [5, 5.41) is 4.27. The van der Waals surface area contributed by atoms with Crippen LogP contribution in [0.25, 0.3) is 0 Å². The van der Waals surface area contributed by atoms with Crippen LogP contribution in [-0.4, -0.2) is 31.8 Å². The highest BCUT2D eigenvalue weighted by Gasteiger charge is 2.15. The fourth-order valence-electron chi connectivity index (χ4n) is 2.78. The van der Waals surface area contributed by atoms with Crippen LogP contribution in [0.5, 0.6) is 17.2 Å². The SMILES string of the molecule is CCCOc1ccc(C(=O)N/N=C/c2ccc(OC(=O)c3ccccc3Cl)c(OC)c2)cc1. The maximum atomic E-state index is 12.4. The molecule has 0 fully saturated rings. The highest BCUT2D eigenvalue weighted by atomic mass is 35.5. The highest BCUT2D eigenvalue weighted by Crippen LogP contribution is 2.29. The molecule has 1 N–H and O–H groups in total. The van der Waals surface area contributed by atoms with Crippen LogP contribution in [0.1, 0.15) is 39.6 Å². The number of methoxy groups -OCH3 is 1. The van der Waals surface area contributed by atoms with Gasteiger partial charge in [0.25, 0.3) is 5.91 Å². The van der Waals surface area contributed by atoms with E-state index in [1.54, 1.807) is 66.7 Å². The Hall–Kier alpha value is -3.84. The number of hydrogen-bond acceptors (Lipinski definition) is 6. The number of carbonyl (C=O) groups is 2. The van der Waals surface area contributed by atoms with Gasteiger partial charge < -0.3 is 14.2 Å². The van der Waals surface area contributed by atoms with Gasteiger partial charge in [-0.05, 0) is 66.6 Å². The van der Waals surface area contributed by atoms with Crippen molar-refractivity contribution < 1.29 is 23.8 Å². The van der Waals surface area contributed by atoms with Gasteiger partial charge in [-0.3, -0.25) is 4.79 Å². The van der Waals surface area contributed by atoms with E-state index in [1.807, 2.05) is 6.92 Å². The first kappa shape index (κ1) is 23.8. The van der Waals surface area contributed by atoms with Gasteiger partial charge in [0.2, 0.25) is 0 Å². The molecule has 0 aliphatic heterocycles. The molecule has 0 radical (unpaired) electrons. The van der Waals surface area contributed by atoms with Crippen LogP contribution in [0.4, 0.5) is 0 Å². The third kappa shape index (κ3) is 6.57. The maximum absolute atomic E-state index is 12.4. The van der Waals surface area contributed by atoms with Crippen LogP contribution < -0.4 is 19.6 Å². The summed E-state index contributed by atoms with van der Waals surface area (Å²) < 4.78 is 16.2. The zero-order chi connectivity index (χ0) is 23.6. The van der Waals surface area contributed by atoms with E-state index >= 15 is 0 Å². The van der Waals surface area contributed by atoms with Gasteiger partial charge in [-0.15, -0.1) is 0 Å². The molecule has 0 bridgehead atoms. The minimum atomic E-state index is -0.598. The van der Waals surface area contributed by atoms with Gasteiger partial charge in [-0.25, -0.2) is 10.2 Å².